The van der Waals surface area contributed by atoms with Crippen LogP contribution in [0.5, 0.6) is 5.75 Å². The number of aliphatic carboxylic acids is 1. The van der Waals surface area contributed by atoms with Crippen molar-refractivity contribution in [3.05, 3.63) is 41.5 Å². The van der Waals surface area contributed by atoms with Crippen molar-refractivity contribution >= 4 is 5.97 Å². The molecule has 6 heteroatoms. The van der Waals surface area contributed by atoms with Crippen molar-refractivity contribution in [2.45, 2.75) is 26.2 Å². The predicted molar refractivity (Wildman–Crippen MR) is 75.3 cm³/mol. The molecular weight excluding hydrogens is 272 g/mol. The van der Waals surface area contributed by atoms with E-state index in [0.717, 1.165) is 11.3 Å². The van der Waals surface area contributed by atoms with E-state index in [4.69, 9.17) is 14.4 Å². The van der Waals surface area contributed by atoms with Crippen LogP contribution in [-0.2, 0) is 11.2 Å². The zero-order chi connectivity index (χ0) is 15.4. The minimum atomic E-state index is -0.877. The number of carbonyl (C=O) groups is 1. The van der Waals surface area contributed by atoms with Gasteiger partial charge in [0.1, 0.15) is 5.75 Å². The summed E-state index contributed by atoms with van der Waals surface area (Å²) in [5.41, 5.74) is 1.03. The normalized spacial score (nSPS) is 13.7. The zero-order valence-corrected chi connectivity index (χ0v) is 12.2. The van der Waals surface area contributed by atoms with E-state index in [1.54, 1.807) is 21.0 Å². The Bertz CT molecular complexity index is 606. The second-order valence-electron chi connectivity index (χ2n) is 4.99. The fourth-order valence-corrected chi connectivity index (χ4v) is 1.88. The Morgan fingerprint density at radius 1 is 1.33 bits per heavy atom. The Morgan fingerprint density at radius 2 is 2.00 bits per heavy atom. The summed E-state index contributed by atoms with van der Waals surface area (Å²) in [7, 11) is 1.62. The maximum atomic E-state index is 11.0. The van der Waals surface area contributed by atoms with Gasteiger partial charge in [-0.05, 0) is 17.7 Å². The Balaban J connectivity index is 2.07. The summed E-state index contributed by atoms with van der Waals surface area (Å²) in [4.78, 5) is 15.2. The van der Waals surface area contributed by atoms with E-state index in [0.29, 0.717) is 18.1 Å². The van der Waals surface area contributed by atoms with Crippen molar-refractivity contribution in [2.24, 2.45) is 5.92 Å². The van der Waals surface area contributed by atoms with Crippen molar-refractivity contribution in [1.82, 2.24) is 10.1 Å². The highest BCUT2D eigenvalue weighted by atomic mass is 16.5. The molecule has 0 aliphatic rings. The molecule has 0 aliphatic carbocycles. The minimum absolute atomic E-state index is 0.320. The van der Waals surface area contributed by atoms with E-state index in [1.165, 1.54) is 0 Å². The molecule has 6 nitrogen and oxygen atoms in total. The fraction of sp³-hybridized carbons (Fsp3) is 0.400. The topological polar surface area (TPSA) is 85.5 Å². The molecule has 2 aromatic rings. The first-order chi connectivity index (χ1) is 10.0. The summed E-state index contributed by atoms with van der Waals surface area (Å²) in [6.45, 7) is 3.39. The van der Waals surface area contributed by atoms with Gasteiger partial charge in [-0.3, -0.25) is 4.79 Å². The third-order valence-corrected chi connectivity index (χ3v) is 3.53. The number of rotatable bonds is 6. The summed E-state index contributed by atoms with van der Waals surface area (Å²) < 4.78 is 10.3. The van der Waals surface area contributed by atoms with Gasteiger partial charge in [-0.25, -0.2) is 0 Å². The van der Waals surface area contributed by atoms with Gasteiger partial charge in [0.15, 0.2) is 5.82 Å². The van der Waals surface area contributed by atoms with Gasteiger partial charge in [-0.2, -0.15) is 4.98 Å². The summed E-state index contributed by atoms with van der Waals surface area (Å²) in [6, 6.07) is 7.59. The maximum absolute atomic E-state index is 11.0. The predicted octanol–water partition coefficient (Wildman–Crippen LogP) is 2.49. The van der Waals surface area contributed by atoms with Gasteiger partial charge in [0.25, 0.3) is 0 Å². The van der Waals surface area contributed by atoms with Gasteiger partial charge >= 0.3 is 5.97 Å². The number of nitrogens with zero attached hydrogens (tertiary/aromatic N) is 2. The molecule has 21 heavy (non-hydrogen) atoms. The lowest BCUT2D eigenvalue weighted by atomic mass is 9.96. The zero-order valence-electron chi connectivity index (χ0n) is 12.2. The van der Waals surface area contributed by atoms with E-state index < -0.39 is 11.9 Å². The van der Waals surface area contributed by atoms with Crippen LogP contribution in [0.3, 0.4) is 0 Å². The van der Waals surface area contributed by atoms with Crippen molar-refractivity contribution < 1.29 is 19.2 Å². The summed E-state index contributed by atoms with van der Waals surface area (Å²) in [5, 5.41) is 12.9. The van der Waals surface area contributed by atoms with Crippen LogP contribution < -0.4 is 4.74 Å². The van der Waals surface area contributed by atoms with E-state index in [1.807, 2.05) is 24.3 Å². The van der Waals surface area contributed by atoms with E-state index >= 15 is 0 Å². The highest BCUT2D eigenvalue weighted by molar-refractivity contribution is 5.70. The molecule has 2 rings (SSSR count). The second kappa shape index (κ2) is 6.39. The molecule has 1 heterocycles. The van der Waals surface area contributed by atoms with Crippen LogP contribution in [0, 0.1) is 5.92 Å². The molecule has 0 spiro atoms. The van der Waals surface area contributed by atoms with Crippen LogP contribution in [0.4, 0.5) is 0 Å². The molecule has 0 bridgehead atoms. The summed E-state index contributed by atoms with van der Waals surface area (Å²) >= 11 is 0. The lowest BCUT2D eigenvalue weighted by molar-refractivity contribution is -0.141. The largest absolute Gasteiger partial charge is 0.497 e. The average molecular weight is 290 g/mol. The van der Waals surface area contributed by atoms with Gasteiger partial charge < -0.3 is 14.4 Å². The lowest BCUT2D eigenvalue weighted by Gasteiger charge is -2.10. The van der Waals surface area contributed by atoms with Crippen molar-refractivity contribution in [2.75, 3.05) is 7.11 Å². The van der Waals surface area contributed by atoms with Gasteiger partial charge in [0.05, 0.1) is 13.0 Å². The molecule has 1 aromatic carbocycles. The Kier molecular flexibility index (Phi) is 4.57. The molecule has 2 unspecified atom stereocenters. The molecule has 0 saturated heterocycles. The maximum Gasteiger partial charge on any atom is 0.307 e. The standard InChI is InChI=1S/C15H18N2O4/c1-9(10(2)15(18)19)14-16-13(17-21-14)8-11-4-6-12(20-3)7-5-11/h4-7,9-10H,8H2,1-3H3,(H,18,19). The second-order valence-corrected chi connectivity index (χ2v) is 4.99. The smallest absolute Gasteiger partial charge is 0.307 e. The summed E-state index contributed by atoms with van der Waals surface area (Å²) in [6.07, 6.45) is 0.529. The third-order valence-electron chi connectivity index (χ3n) is 3.53. The molecule has 0 saturated carbocycles. The first kappa shape index (κ1) is 15.0. The third kappa shape index (κ3) is 3.59. The molecule has 1 aromatic heterocycles. The Labute approximate surface area is 122 Å². The number of hydrogen-bond acceptors (Lipinski definition) is 5. The first-order valence-electron chi connectivity index (χ1n) is 6.69. The van der Waals surface area contributed by atoms with Crippen LogP contribution in [-0.4, -0.2) is 28.3 Å². The molecule has 0 radical (unpaired) electrons. The molecule has 1 N–H and O–H groups in total. The Hall–Kier alpha value is -2.37. The molecule has 0 amide bonds. The fourth-order valence-electron chi connectivity index (χ4n) is 1.88. The van der Waals surface area contributed by atoms with Gasteiger partial charge in [-0.1, -0.05) is 31.1 Å². The summed E-state index contributed by atoms with van der Waals surface area (Å²) in [5.74, 6) is -0.0826. The molecule has 0 fully saturated rings. The number of hydrogen-bond donors (Lipinski definition) is 1. The number of carboxylic acids is 1. The number of carboxylic acid groups (broad SMARTS) is 1. The van der Waals surface area contributed by atoms with E-state index in [9.17, 15) is 4.79 Å². The number of ether oxygens (including phenoxy) is 1. The quantitative estimate of drug-likeness (QED) is 0.879. The van der Waals surface area contributed by atoms with E-state index in [2.05, 4.69) is 10.1 Å². The van der Waals surface area contributed by atoms with Crippen LogP contribution in [0.25, 0.3) is 0 Å². The van der Waals surface area contributed by atoms with Crippen LogP contribution in [0.2, 0.25) is 0 Å². The van der Waals surface area contributed by atoms with E-state index in [-0.39, 0.29) is 5.92 Å². The van der Waals surface area contributed by atoms with Crippen molar-refractivity contribution in [1.29, 1.82) is 0 Å². The minimum Gasteiger partial charge on any atom is -0.497 e. The van der Waals surface area contributed by atoms with Crippen LogP contribution in [0.15, 0.2) is 28.8 Å². The highest BCUT2D eigenvalue weighted by Crippen LogP contribution is 2.23. The van der Waals surface area contributed by atoms with Gasteiger partial charge in [0.2, 0.25) is 5.89 Å². The molecule has 2 atom stereocenters. The molecular formula is C15H18N2O4. The SMILES string of the molecule is COc1ccc(Cc2noc(C(C)C(C)C(=O)O)n2)cc1. The highest BCUT2D eigenvalue weighted by Gasteiger charge is 2.25. The monoisotopic (exact) mass is 290 g/mol. The van der Waals surface area contributed by atoms with Crippen LogP contribution in [0.1, 0.15) is 37.0 Å². The lowest BCUT2D eigenvalue weighted by Crippen LogP contribution is -2.16. The number of benzene rings is 1. The van der Waals surface area contributed by atoms with Gasteiger partial charge in [-0.15, -0.1) is 0 Å². The van der Waals surface area contributed by atoms with Crippen LogP contribution >= 0.6 is 0 Å². The average Bonchev–Trinajstić information content (AvgIpc) is 2.95. The van der Waals surface area contributed by atoms with Crippen molar-refractivity contribution in [3.8, 4) is 5.75 Å². The molecule has 112 valence electrons. The number of methoxy groups -OCH3 is 1. The number of aromatic nitrogens is 2. The first-order valence-corrected chi connectivity index (χ1v) is 6.69. The Morgan fingerprint density at radius 3 is 2.57 bits per heavy atom. The molecule has 0 aliphatic heterocycles. The van der Waals surface area contributed by atoms with Crippen molar-refractivity contribution in [3.63, 3.8) is 0 Å². The van der Waals surface area contributed by atoms with Gasteiger partial charge in [0, 0.05) is 12.3 Å².